The summed E-state index contributed by atoms with van der Waals surface area (Å²) in [6, 6.07) is 5.79. The monoisotopic (exact) mass is 246 g/mol. The average molecular weight is 246 g/mol. The molecule has 3 rings (SSSR count). The molecule has 0 atom stereocenters. The second kappa shape index (κ2) is 3.60. The summed E-state index contributed by atoms with van der Waals surface area (Å²) in [6.45, 7) is 0. The van der Waals surface area contributed by atoms with Crippen LogP contribution in [0.5, 0.6) is 0 Å². The maximum absolute atomic E-state index is 13.8. The first-order chi connectivity index (χ1) is 8.61. The van der Waals surface area contributed by atoms with E-state index in [2.05, 4.69) is 4.98 Å². The molecule has 0 bridgehead atoms. The van der Waals surface area contributed by atoms with Crippen molar-refractivity contribution in [2.24, 2.45) is 7.05 Å². The van der Waals surface area contributed by atoms with Crippen molar-refractivity contribution in [2.45, 2.75) is 0 Å². The van der Waals surface area contributed by atoms with Crippen molar-refractivity contribution in [3.63, 3.8) is 0 Å². The maximum Gasteiger partial charge on any atom is 0.261 e. The molecule has 18 heavy (non-hydrogen) atoms. The molecule has 0 unspecified atom stereocenters. The summed E-state index contributed by atoms with van der Waals surface area (Å²) in [5, 5.41) is 0.0660. The highest BCUT2D eigenvalue weighted by molar-refractivity contribution is 6.03. The first kappa shape index (κ1) is 10.8. The lowest BCUT2D eigenvalue weighted by Gasteiger charge is -2.08. The minimum atomic E-state index is -1.12. The van der Waals surface area contributed by atoms with Gasteiger partial charge in [-0.1, -0.05) is 0 Å². The summed E-state index contributed by atoms with van der Waals surface area (Å²) in [7, 11) is 1.51. The van der Waals surface area contributed by atoms with Crippen molar-refractivity contribution in [3.8, 4) is 0 Å². The van der Waals surface area contributed by atoms with E-state index >= 15 is 0 Å². The highest BCUT2D eigenvalue weighted by atomic mass is 19.2. The van der Waals surface area contributed by atoms with Gasteiger partial charge in [0.25, 0.3) is 5.56 Å². The number of rotatable bonds is 0. The minimum Gasteiger partial charge on any atom is -0.309 e. The number of aryl methyl sites for hydroxylation is 1. The van der Waals surface area contributed by atoms with E-state index in [-0.39, 0.29) is 5.39 Å². The summed E-state index contributed by atoms with van der Waals surface area (Å²) < 4.78 is 28.2. The molecule has 0 spiro atoms. The van der Waals surface area contributed by atoms with Gasteiger partial charge in [0.15, 0.2) is 11.6 Å². The molecule has 0 radical (unpaired) electrons. The van der Waals surface area contributed by atoms with E-state index < -0.39 is 17.2 Å². The van der Waals surface area contributed by atoms with Gasteiger partial charge in [-0.3, -0.25) is 9.78 Å². The topological polar surface area (TPSA) is 34.9 Å². The van der Waals surface area contributed by atoms with Crippen LogP contribution in [0.3, 0.4) is 0 Å². The van der Waals surface area contributed by atoms with Crippen LogP contribution in [0.15, 0.2) is 35.3 Å². The molecule has 2 heterocycles. The lowest BCUT2D eigenvalue weighted by atomic mass is 10.1. The van der Waals surface area contributed by atoms with Gasteiger partial charge < -0.3 is 4.57 Å². The second-order valence-electron chi connectivity index (χ2n) is 4.02. The fraction of sp³-hybridized carbons (Fsp3) is 0.0769. The van der Waals surface area contributed by atoms with Gasteiger partial charge in [-0.15, -0.1) is 0 Å². The lowest BCUT2D eigenvalue weighted by molar-refractivity contribution is 0.516. The fourth-order valence-corrected chi connectivity index (χ4v) is 2.11. The van der Waals surface area contributed by atoms with Gasteiger partial charge in [-0.25, -0.2) is 8.78 Å². The maximum atomic E-state index is 13.8. The number of hydrogen-bond acceptors (Lipinski definition) is 2. The third kappa shape index (κ3) is 1.27. The van der Waals surface area contributed by atoms with Crippen molar-refractivity contribution in [1.82, 2.24) is 9.55 Å². The SMILES string of the molecule is Cn1c(=O)c2c(F)c(F)ccc2c2ncccc21. The highest BCUT2D eigenvalue weighted by Crippen LogP contribution is 2.23. The van der Waals surface area contributed by atoms with Crippen LogP contribution in [-0.2, 0) is 7.05 Å². The molecule has 1 aromatic carbocycles. The number of benzene rings is 1. The molecule has 0 fully saturated rings. The van der Waals surface area contributed by atoms with Crippen LogP contribution in [0.4, 0.5) is 8.78 Å². The molecule has 0 aliphatic rings. The first-order valence-corrected chi connectivity index (χ1v) is 5.32. The van der Waals surface area contributed by atoms with E-state index in [4.69, 9.17) is 0 Å². The summed E-state index contributed by atoms with van der Waals surface area (Å²) in [4.78, 5) is 16.2. The van der Waals surface area contributed by atoms with Crippen LogP contribution in [0.25, 0.3) is 21.8 Å². The zero-order valence-electron chi connectivity index (χ0n) is 9.45. The Bertz CT molecular complexity index is 840. The summed E-state index contributed by atoms with van der Waals surface area (Å²) in [6.07, 6.45) is 1.55. The van der Waals surface area contributed by atoms with Crippen molar-refractivity contribution < 1.29 is 8.78 Å². The number of hydrogen-bond donors (Lipinski definition) is 0. The summed E-state index contributed by atoms with van der Waals surface area (Å²) in [5.41, 5.74) is 0.497. The van der Waals surface area contributed by atoms with Gasteiger partial charge in [-0.2, -0.15) is 0 Å². The summed E-state index contributed by atoms with van der Waals surface area (Å²) >= 11 is 0. The zero-order valence-corrected chi connectivity index (χ0v) is 9.45. The Hall–Kier alpha value is -2.30. The molecule has 0 aliphatic carbocycles. The van der Waals surface area contributed by atoms with Gasteiger partial charge >= 0.3 is 0 Å². The normalized spacial score (nSPS) is 11.3. The number of nitrogens with zero attached hydrogens (tertiary/aromatic N) is 2. The molecular formula is C13H8F2N2O. The van der Waals surface area contributed by atoms with Crippen LogP contribution in [0.2, 0.25) is 0 Å². The molecule has 0 saturated carbocycles. The van der Waals surface area contributed by atoms with E-state index in [9.17, 15) is 13.6 Å². The number of fused-ring (bicyclic) bond motifs is 3. The van der Waals surface area contributed by atoms with Gasteiger partial charge in [0.1, 0.15) is 0 Å². The first-order valence-electron chi connectivity index (χ1n) is 5.32. The van der Waals surface area contributed by atoms with Crippen LogP contribution in [0, 0.1) is 11.6 Å². The van der Waals surface area contributed by atoms with Crippen molar-refractivity contribution >= 4 is 21.8 Å². The lowest BCUT2D eigenvalue weighted by Crippen LogP contribution is -2.19. The molecule has 0 aliphatic heterocycles. The summed E-state index contributed by atoms with van der Waals surface area (Å²) in [5.74, 6) is -2.16. The van der Waals surface area contributed by atoms with E-state index in [1.807, 2.05) is 0 Å². The van der Waals surface area contributed by atoms with Gasteiger partial charge in [0, 0.05) is 18.6 Å². The van der Waals surface area contributed by atoms with Crippen molar-refractivity contribution in [3.05, 3.63) is 52.5 Å². The molecule has 3 aromatic rings. The molecule has 2 aromatic heterocycles. The number of pyridine rings is 2. The number of halogens is 2. The van der Waals surface area contributed by atoms with Crippen molar-refractivity contribution in [1.29, 1.82) is 0 Å². The van der Waals surface area contributed by atoms with Crippen LogP contribution in [-0.4, -0.2) is 9.55 Å². The van der Waals surface area contributed by atoms with Crippen LogP contribution >= 0.6 is 0 Å². The highest BCUT2D eigenvalue weighted by Gasteiger charge is 2.15. The fourth-order valence-electron chi connectivity index (χ4n) is 2.11. The van der Waals surface area contributed by atoms with E-state index in [1.54, 1.807) is 18.3 Å². The van der Waals surface area contributed by atoms with E-state index in [1.165, 1.54) is 17.7 Å². The molecule has 3 nitrogen and oxygen atoms in total. The Labute approximate surface area is 100 Å². The number of aromatic nitrogens is 2. The predicted molar refractivity (Wildman–Crippen MR) is 64.4 cm³/mol. The Morgan fingerprint density at radius 2 is 2.00 bits per heavy atom. The molecule has 5 heteroatoms. The van der Waals surface area contributed by atoms with Crippen LogP contribution < -0.4 is 5.56 Å². The molecule has 0 N–H and O–H groups in total. The molecule has 90 valence electrons. The Kier molecular flexibility index (Phi) is 2.16. The van der Waals surface area contributed by atoms with E-state index in [0.29, 0.717) is 16.4 Å². The Morgan fingerprint density at radius 1 is 1.22 bits per heavy atom. The largest absolute Gasteiger partial charge is 0.309 e. The van der Waals surface area contributed by atoms with E-state index in [0.717, 1.165) is 6.07 Å². The second-order valence-corrected chi connectivity index (χ2v) is 4.02. The smallest absolute Gasteiger partial charge is 0.261 e. The van der Waals surface area contributed by atoms with Gasteiger partial charge in [-0.05, 0) is 24.3 Å². The van der Waals surface area contributed by atoms with Crippen molar-refractivity contribution in [2.75, 3.05) is 0 Å². The molecular weight excluding hydrogens is 238 g/mol. The molecule has 0 saturated heterocycles. The molecule has 0 amide bonds. The predicted octanol–water partition coefficient (Wildman–Crippen LogP) is 2.36. The van der Waals surface area contributed by atoms with Gasteiger partial charge in [0.05, 0.1) is 16.4 Å². The quantitative estimate of drug-likeness (QED) is 0.571. The average Bonchev–Trinajstić information content (AvgIpc) is 2.39. The Balaban J connectivity index is 2.74. The third-order valence-corrected chi connectivity index (χ3v) is 3.02. The zero-order chi connectivity index (χ0) is 12.9. The third-order valence-electron chi connectivity index (χ3n) is 3.02. The standard InChI is InChI=1S/C13H8F2N2O/c1-17-9-3-2-6-16-12(9)7-4-5-8(14)11(15)10(7)13(17)18/h2-6H,1H3. The minimum absolute atomic E-state index is 0.260. The Morgan fingerprint density at radius 3 is 2.78 bits per heavy atom. The van der Waals surface area contributed by atoms with Gasteiger partial charge in [0.2, 0.25) is 0 Å². The van der Waals surface area contributed by atoms with Crippen LogP contribution in [0.1, 0.15) is 0 Å².